The summed E-state index contributed by atoms with van der Waals surface area (Å²) in [4.78, 5) is 25.0. The average Bonchev–Trinajstić information content (AvgIpc) is 2.39. The number of aromatic carboxylic acids is 1. The molecule has 8 nitrogen and oxygen atoms in total. The molecule has 0 saturated heterocycles. The third-order valence-corrected chi connectivity index (χ3v) is 2.66. The number of aromatic nitrogens is 1. The number of anilines is 1. The minimum atomic E-state index is -1.26. The fourth-order valence-electron chi connectivity index (χ4n) is 1.76. The van der Waals surface area contributed by atoms with Crippen molar-refractivity contribution in [3.8, 4) is 0 Å². The molecule has 8 heteroatoms. The van der Waals surface area contributed by atoms with Gasteiger partial charge in [0.2, 0.25) is 5.82 Å². The third-order valence-electron chi connectivity index (χ3n) is 2.66. The van der Waals surface area contributed by atoms with Crippen LogP contribution < -0.4 is 5.32 Å². The molecule has 0 fully saturated rings. The van der Waals surface area contributed by atoms with Gasteiger partial charge in [-0.05, 0) is 6.42 Å². The highest BCUT2D eigenvalue weighted by atomic mass is 16.6. The summed E-state index contributed by atoms with van der Waals surface area (Å²) in [7, 11) is 1.54. The Labute approximate surface area is 115 Å². The molecule has 1 aromatic heterocycles. The molecule has 0 amide bonds. The Bertz CT molecular complexity index is 486. The second kappa shape index (κ2) is 7.39. The second-order valence-corrected chi connectivity index (χ2v) is 4.24. The van der Waals surface area contributed by atoms with Gasteiger partial charge in [0.1, 0.15) is 0 Å². The van der Waals surface area contributed by atoms with Crippen LogP contribution in [0.15, 0.2) is 12.3 Å². The van der Waals surface area contributed by atoms with Crippen molar-refractivity contribution in [2.75, 3.05) is 19.0 Å². The molecule has 0 spiro atoms. The Morgan fingerprint density at radius 1 is 1.65 bits per heavy atom. The molecule has 0 bridgehead atoms. The number of hydrogen-bond acceptors (Lipinski definition) is 6. The van der Waals surface area contributed by atoms with Gasteiger partial charge in [0.05, 0.1) is 23.1 Å². The monoisotopic (exact) mass is 283 g/mol. The number of pyridine rings is 1. The number of carbonyl (C=O) groups is 1. The Morgan fingerprint density at radius 3 is 2.85 bits per heavy atom. The molecule has 1 heterocycles. The van der Waals surface area contributed by atoms with Gasteiger partial charge in [-0.1, -0.05) is 13.3 Å². The molecule has 0 aliphatic carbocycles. The molecule has 0 saturated carbocycles. The van der Waals surface area contributed by atoms with E-state index in [1.165, 1.54) is 0 Å². The number of rotatable bonds is 8. The molecular weight excluding hydrogens is 266 g/mol. The normalized spacial score (nSPS) is 11.9. The van der Waals surface area contributed by atoms with Crippen LogP contribution in [-0.4, -0.2) is 40.7 Å². The summed E-state index contributed by atoms with van der Waals surface area (Å²) in [5, 5.41) is 22.8. The number of hydrogen-bond donors (Lipinski definition) is 2. The number of carboxylic acid groups (broad SMARTS) is 1. The quantitative estimate of drug-likeness (QED) is 0.553. The van der Waals surface area contributed by atoms with E-state index in [4.69, 9.17) is 9.84 Å². The molecule has 20 heavy (non-hydrogen) atoms. The number of nitro groups is 1. The zero-order valence-corrected chi connectivity index (χ0v) is 11.3. The lowest BCUT2D eigenvalue weighted by molar-refractivity contribution is -0.384. The van der Waals surface area contributed by atoms with E-state index >= 15 is 0 Å². The first-order valence-electron chi connectivity index (χ1n) is 6.12. The van der Waals surface area contributed by atoms with Crippen LogP contribution >= 0.6 is 0 Å². The molecular formula is C12H17N3O5. The average molecular weight is 283 g/mol. The largest absolute Gasteiger partial charge is 0.478 e. The summed E-state index contributed by atoms with van der Waals surface area (Å²) in [6.45, 7) is 2.37. The molecule has 2 N–H and O–H groups in total. The molecule has 0 aliphatic rings. The summed E-state index contributed by atoms with van der Waals surface area (Å²) in [6.07, 6.45) is 2.73. The van der Waals surface area contributed by atoms with Crippen molar-refractivity contribution >= 4 is 17.5 Å². The molecule has 0 radical (unpaired) electrons. The third kappa shape index (κ3) is 4.16. The molecule has 1 unspecified atom stereocenters. The van der Waals surface area contributed by atoms with E-state index < -0.39 is 10.9 Å². The van der Waals surface area contributed by atoms with E-state index in [9.17, 15) is 14.9 Å². The Balaban J connectivity index is 3.03. The first kappa shape index (κ1) is 15.8. The molecule has 0 aliphatic heterocycles. The summed E-state index contributed by atoms with van der Waals surface area (Å²) < 4.78 is 5.04. The zero-order chi connectivity index (χ0) is 15.1. The number of nitrogens with one attached hydrogen (secondary N) is 1. The van der Waals surface area contributed by atoms with E-state index in [0.29, 0.717) is 6.61 Å². The van der Waals surface area contributed by atoms with Gasteiger partial charge in [-0.3, -0.25) is 10.1 Å². The van der Waals surface area contributed by atoms with Gasteiger partial charge in [-0.2, -0.15) is 0 Å². The standard InChI is InChI=1S/C12H17N3O5/c1-3-4-9(7-20-2)14-11-10(15(18)19)5-8(6-13-11)12(16)17/h5-6,9H,3-4,7H2,1-2H3,(H,13,14)(H,16,17). The van der Waals surface area contributed by atoms with Gasteiger partial charge in [0.25, 0.3) is 0 Å². The second-order valence-electron chi connectivity index (χ2n) is 4.24. The fourth-order valence-corrected chi connectivity index (χ4v) is 1.76. The van der Waals surface area contributed by atoms with Crippen LogP contribution in [0.1, 0.15) is 30.1 Å². The van der Waals surface area contributed by atoms with Crippen molar-refractivity contribution in [2.24, 2.45) is 0 Å². The maximum absolute atomic E-state index is 11.0. The molecule has 1 rings (SSSR count). The lowest BCUT2D eigenvalue weighted by Gasteiger charge is -2.17. The van der Waals surface area contributed by atoms with Crippen LogP contribution in [0.5, 0.6) is 0 Å². The number of ether oxygens (including phenoxy) is 1. The van der Waals surface area contributed by atoms with Crippen molar-refractivity contribution in [3.05, 3.63) is 27.9 Å². The minimum absolute atomic E-state index is 0.0514. The maximum atomic E-state index is 11.0. The van der Waals surface area contributed by atoms with Crippen molar-refractivity contribution in [1.29, 1.82) is 0 Å². The maximum Gasteiger partial charge on any atom is 0.337 e. The van der Waals surface area contributed by atoms with Gasteiger partial charge in [-0.25, -0.2) is 9.78 Å². The molecule has 110 valence electrons. The smallest absolute Gasteiger partial charge is 0.337 e. The van der Waals surface area contributed by atoms with E-state index in [2.05, 4.69) is 10.3 Å². The number of methoxy groups -OCH3 is 1. The van der Waals surface area contributed by atoms with Gasteiger partial charge < -0.3 is 15.2 Å². The van der Waals surface area contributed by atoms with E-state index in [1.54, 1.807) is 7.11 Å². The highest BCUT2D eigenvalue weighted by Gasteiger charge is 2.21. The molecule has 1 aromatic rings. The van der Waals surface area contributed by atoms with Gasteiger partial charge in [0, 0.05) is 19.4 Å². The topological polar surface area (TPSA) is 115 Å². The lowest BCUT2D eigenvalue weighted by Crippen LogP contribution is -2.25. The van der Waals surface area contributed by atoms with E-state index in [0.717, 1.165) is 25.1 Å². The highest BCUT2D eigenvalue weighted by molar-refractivity contribution is 5.88. The Kier molecular flexibility index (Phi) is 5.85. The highest BCUT2D eigenvalue weighted by Crippen LogP contribution is 2.24. The predicted molar refractivity (Wildman–Crippen MR) is 72.0 cm³/mol. The SMILES string of the molecule is CCCC(COC)Nc1ncc(C(=O)O)cc1[N+](=O)[O-]. The van der Waals surface area contributed by atoms with Crippen LogP contribution in [0, 0.1) is 10.1 Å². The van der Waals surface area contributed by atoms with Crippen molar-refractivity contribution < 1.29 is 19.6 Å². The number of carboxylic acids is 1. The predicted octanol–water partition coefficient (Wildman–Crippen LogP) is 1.91. The van der Waals surface area contributed by atoms with Crippen LogP contribution in [0.2, 0.25) is 0 Å². The molecule has 1 atom stereocenters. The Hall–Kier alpha value is -2.22. The van der Waals surface area contributed by atoms with Crippen LogP contribution in [0.4, 0.5) is 11.5 Å². The molecule has 0 aromatic carbocycles. The summed E-state index contributed by atoms with van der Waals surface area (Å²) >= 11 is 0. The van der Waals surface area contributed by atoms with Gasteiger partial charge in [-0.15, -0.1) is 0 Å². The van der Waals surface area contributed by atoms with Crippen molar-refractivity contribution in [1.82, 2.24) is 4.98 Å². The summed E-state index contributed by atoms with van der Waals surface area (Å²) in [6, 6.07) is 0.875. The number of nitrogens with zero attached hydrogens (tertiary/aromatic N) is 2. The Morgan fingerprint density at radius 2 is 2.35 bits per heavy atom. The van der Waals surface area contributed by atoms with Crippen LogP contribution in [0.25, 0.3) is 0 Å². The van der Waals surface area contributed by atoms with E-state index in [1.807, 2.05) is 6.92 Å². The first-order chi connectivity index (χ1) is 9.49. The summed E-state index contributed by atoms with van der Waals surface area (Å²) in [5.74, 6) is -1.20. The van der Waals surface area contributed by atoms with Gasteiger partial charge >= 0.3 is 11.7 Å². The fraction of sp³-hybridized carbons (Fsp3) is 0.500. The zero-order valence-electron chi connectivity index (χ0n) is 11.3. The summed E-state index contributed by atoms with van der Waals surface area (Å²) in [5.41, 5.74) is -0.580. The van der Waals surface area contributed by atoms with Gasteiger partial charge in [0.15, 0.2) is 0 Å². The van der Waals surface area contributed by atoms with Crippen LogP contribution in [-0.2, 0) is 4.74 Å². The lowest BCUT2D eigenvalue weighted by atomic mass is 10.1. The minimum Gasteiger partial charge on any atom is -0.478 e. The van der Waals surface area contributed by atoms with Crippen LogP contribution in [0.3, 0.4) is 0 Å². The van der Waals surface area contributed by atoms with E-state index in [-0.39, 0.29) is 23.1 Å². The van der Waals surface area contributed by atoms with Crippen molar-refractivity contribution in [2.45, 2.75) is 25.8 Å². The van der Waals surface area contributed by atoms with Crippen molar-refractivity contribution in [3.63, 3.8) is 0 Å². The first-order valence-corrected chi connectivity index (χ1v) is 6.12.